The summed E-state index contributed by atoms with van der Waals surface area (Å²) in [6.07, 6.45) is 6.52. The number of piperazine rings is 1. The Morgan fingerprint density at radius 1 is 1.07 bits per heavy atom. The number of anilines is 1. The SMILES string of the molecule is COc1nc(N2CCOCC2)cc(-n2ncc3c2=C[C@H]2C(=C2N2CCNCC2)C=3)n1. The lowest BCUT2D eigenvalue weighted by molar-refractivity contribution is 0.122. The van der Waals surface area contributed by atoms with E-state index in [1.165, 1.54) is 11.3 Å². The van der Waals surface area contributed by atoms with Gasteiger partial charge in [0.25, 0.3) is 0 Å². The third kappa shape index (κ3) is 2.96. The number of fused-ring (bicyclic) bond motifs is 2. The molecule has 2 aliphatic heterocycles. The molecule has 0 bridgehead atoms. The van der Waals surface area contributed by atoms with Crippen LogP contribution in [0.1, 0.15) is 0 Å². The summed E-state index contributed by atoms with van der Waals surface area (Å²) in [6.45, 7) is 7.26. The van der Waals surface area contributed by atoms with Crippen LogP contribution in [-0.4, -0.2) is 84.2 Å². The standard InChI is InChI=1S/C21H25N7O2/c1-29-21-24-18(26-6-8-30-9-7-26)12-19(25-21)28-17-11-16-15(10-14(17)13-23-28)20(16)27-4-2-22-3-5-27/h10-13,16,22H,2-9H2,1H3/t16-/m0/s1. The summed E-state index contributed by atoms with van der Waals surface area (Å²) in [5.74, 6) is 1.96. The number of morpholine rings is 1. The van der Waals surface area contributed by atoms with Gasteiger partial charge in [-0.2, -0.15) is 15.1 Å². The van der Waals surface area contributed by atoms with E-state index in [4.69, 9.17) is 9.47 Å². The highest BCUT2D eigenvalue weighted by atomic mass is 16.5. The molecular formula is C21H25N7O2. The lowest BCUT2D eigenvalue weighted by atomic mass is 10.1. The number of nitrogens with zero attached hydrogens (tertiary/aromatic N) is 6. The first-order valence-corrected chi connectivity index (χ1v) is 10.6. The van der Waals surface area contributed by atoms with E-state index in [0.717, 1.165) is 61.5 Å². The Kier molecular flexibility index (Phi) is 4.24. The fourth-order valence-electron chi connectivity index (χ4n) is 4.57. The number of hydrogen-bond donors (Lipinski definition) is 1. The number of allylic oxidation sites excluding steroid dienone is 2. The normalized spacial score (nSPS) is 22.8. The van der Waals surface area contributed by atoms with E-state index in [-0.39, 0.29) is 0 Å². The first-order valence-electron chi connectivity index (χ1n) is 10.6. The van der Waals surface area contributed by atoms with E-state index in [2.05, 4.69) is 42.3 Å². The van der Waals surface area contributed by atoms with E-state index < -0.39 is 0 Å². The Morgan fingerprint density at radius 2 is 1.87 bits per heavy atom. The van der Waals surface area contributed by atoms with Crippen molar-refractivity contribution < 1.29 is 9.47 Å². The molecule has 1 N–H and O–H groups in total. The monoisotopic (exact) mass is 407 g/mol. The molecule has 2 aliphatic carbocycles. The maximum absolute atomic E-state index is 5.48. The predicted molar refractivity (Wildman–Crippen MR) is 112 cm³/mol. The van der Waals surface area contributed by atoms with Gasteiger partial charge in [0.2, 0.25) is 0 Å². The lowest BCUT2D eigenvalue weighted by Gasteiger charge is -2.28. The van der Waals surface area contributed by atoms with E-state index in [1.807, 2.05) is 16.9 Å². The molecule has 2 aromatic heterocycles. The van der Waals surface area contributed by atoms with Crippen molar-refractivity contribution in [2.45, 2.75) is 0 Å². The highest BCUT2D eigenvalue weighted by Gasteiger charge is 2.39. The van der Waals surface area contributed by atoms with Gasteiger partial charge in [0.15, 0.2) is 5.82 Å². The van der Waals surface area contributed by atoms with Gasteiger partial charge >= 0.3 is 6.01 Å². The zero-order valence-electron chi connectivity index (χ0n) is 17.0. The van der Waals surface area contributed by atoms with Gasteiger partial charge in [-0.05, 0) is 17.7 Å². The lowest BCUT2D eigenvalue weighted by Crippen LogP contribution is -2.41. The van der Waals surface area contributed by atoms with E-state index >= 15 is 0 Å². The molecule has 4 heterocycles. The molecule has 0 unspecified atom stereocenters. The second-order valence-corrected chi connectivity index (χ2v) is 7.93. The Morgan fingerprint density at radius 3 is 2.67 bits per heavy atom. The first kappa shape index (κ1) is 17.9. The average Bonchev–Trinajstić information content (AvgIpc) is 3.36. The molecule has 2 fully saturated rings. The van der Waals surface area contributed by atoms with E-state index in [0.29, 0.717) is 25.1 Å². The molecule has 2 aromatic rings. The van der Waals surface area contributed by atoms with E-state index in [9.17, 15) is 0 Å². The third-order valence-corrected chi connectivity index (χ3v) is 6.18. The quantitative estimate of drug-likeness (QED) is 0.682. The smallest absolute Gasteiger partial charge is 0.320 e. The van der Waals surface area contributed by atoms with Crippen molar-refractivity contribution in [1.82, 2.24) is 30.0 Å². The van der Waals surface area contributed by atoms with Gasteiger partial charge in [-0.15, -0.1) is 0 Å². The van der Waals surface area contributed by atoms with Gasteiger partial charge in [-0.1, -0.05) is 0 Å². The molecule has 4 aliphatic rings. The van der Waals surface area contributed by atoms with Gasteiger partial charge in [0.05, 0.1) is 31.9 Å². The number of nitrogens with one attached hydrogen (secondary N) is 1. The Labute approximate surface area is 174 Å². The van der Waals surface area contributed by atoms with Crippen LogP contribution in [0.4, 0.5) is 5.82 Å². The van der Waals surface area contributed by atoms with Gasteiger partial charge in [-0.25, -0.2) is 4.68 Å². The summed E-state index contributed by atoms with van der Waals surface area (Å²) >= 11 is 0. The van der Waals surface area contributed by atoms with Crippen molar-refractivity contribution in [2.75, 3.05) is 64.5 Å². The average molecular weight is 407 g/mol. The second kappa shape index (κ2) is 7.10. The molecule has 9 nitrogen and oxygen atoms in total. The van der Waals surface area contributed by atoms with Gasteiger partial charge < -0.3 is 24.6 Å². The van der Waals surface area contributed by atoms with Crippen molar-refractivity contribution >= 4 is 18.0 Å². The molecule has 1 atom stereocenters. The molecular weight excluding hydrogens is 382 g/mol. The van der Waals surface area contributed by atoms with Crippen molar-refractivity contribution in [1.29, 1.82) is 0 Å². The van der Waals surface area contributed by atoms with Crippen molar-refractivity contribution in [3.05, 3.63) is 34.1 Å². The molecule has 6 rings (SSSR count). The fourth-order valence-corrected chi connectivity index (χ4v) is 4.57. The van der Waals surface area contributed by atoms with Crippen molar-refractivity contribution in [2.24, 2.45) is 5.92 Å². The third-order valence-electron chi connectivity index (χ3n) is 6.18. The molecule has 0 saturated carbocycles. The number of hydrogen-bond acceptors (Lipinski definition) is 8. The fraction of sp³-hybridized carbons (Fsp3) is 0.476. The molecule has 0 aromatic carbocycles. The molecule has 0 amide bonds. The summed E-state index contributed by atoms with van der Waals surface area (Å²) in [5, 5.41) is 10.3. The molecule has 156 valence electrons. The van der Waals surface area contributed by atoms with Crippen LogP contribution < -0.4 is 25.5 Å². The Hall–Kier alpha value is -2.91. The number of ether oxygens (including phenoxy) is 2. The maximum atomic E-state index is 5.48. The second-order valence-electron chi connectivity index (χ2n) is 7.93. The van der Waals surface area contributed by atoms with Crippen molar-refractivity contribution in [3.63, 3.8) is 0 Å². The molecule has 0 radical (unpaired) electrons. The highest BCUT2D eigenvalue weighted by molar-refractivity contribution is 5.73. The molecule has 0 spiro atoms. The highest BCUT2D eigenvalue weighted by Crippen LogP contribution is 2.44. The summed E-state index contributed by atoms with van der Waals surface area (Å²) in [5.41, 5.74) is 2.90. The summed E-state index contributed by atoms with van der Waals surface area (Å²) < 4.78 is 12.8. The van der Waals surface area contributed by atoms with E-state index in [1.54, 1.807) is 7.11 Å². The number of methoxy groups -OCH3 is 1. The zero-order valence-corrected chi connectivity index (χ0v) is 17.0. The summed E-state index contributed by atoms with van der Waals surface area (Å²) in [6, 6.07) is 2.34. The Balaban J connectivity index is 1.36. The zero-order chi connectivity index (χ0) is 20.1. The molecule has 30 heavy (non-hydrogen) atoms. The van der Waals surface area contributed by atoms with Crippen LogP contribution in [0.5, 0.6) is 6.01 Å². The van der Waals surface area contributed by atoms with Crippen molar-refractivity contribution in [3.8, 4) is 11.8 Å². The molecule has 9 heteroatoms. The summed E-state index contributed by atoms with van der Waals surface area (Å²) in [7, 11) is 1.60. The first-order chi connectivity index (χ1) is 14.8. The van der Waals surface area contributed by atoms with Crippen LogP contribution >= 0.6 is 0 Å². The topological polar surface area (TPSA) is 80.6 Å². The minimum atomic E-state index is 0.352. The van der Waals surface area contributed by atoms with Crippen LogP contribution in [0.2, 0.25) is 0 Å². The van der Waals surface area contributed by atoms with Crippen LogP contribution in [0, 0.1) is 5.92 Å². The van der Waals surface area contributed by atoms with Crippen LogP contribution in [0.25, 0.3) is 18.0 Å². The minimum absolute atomic E-state index is 0.352. The van der Waals surface area contributed by atoms with Crippen LogP contribution in [0.3, 0.4) is 0 Å². The molecule has 2 saturated heterocycles. The number of aromatic nitrogens is 4. The maximum Gasteiger partial charge on any atom is 0.320 e. The summed E-state index contributed by atoms with van der Waals surface area (Å²) in [4.78, 5) is 13.9. The largest absolute Gasteiger partial charge is 0.467 e. The minimum Gasteiger partial charge on any atom is -0.467 e. The van der Waals surface area contributed by atoms with Crippen LogP contribution in [-0.2, 0) is 4.74 Å². The van der Waals surface area contributed by atoms with Gasteiger partial charge in [-0.3, -0.25) is 0 Å². The van der Waals surface area contributed by atoms with Crippen LogP contribution in [0.15, 0.2) is 23.5 Å². The Bertz CT molecular complexity index is 1130. The van der Waals surface area contributed by atoms with Gasteiger partial charge in [0, 0.05) is 62.2 Å². The number of rotatable bonds is 4. The van der Waals surface area contributed by atoms with Gasteiger partial charge in [0.1, 0.15) is 5.82 Å². The predicted octanol–water partition coefficient (Wildman–Crippen LogP) is -1.13.